The van der Waals surface area contributed by atoms with Crippen LogP contribution in [0.15, 0.2) is 58.8 Å². The van der Waals surface area contributed by atoms with Gasteiger partial charge in [-0.2, -0.15) is 4.31 Å². The second kappa shape index (κ2) is 12.3. The number of aryl methyl sites for hydroxylation is 1. The Hall–Kier alpha value is -2.70. The maximum absolute atomic E-state index is 13.9. The molecular formula is C30H37FN4O4S2. The van der Waals surface area contributed by atoms with Gasteiger partial charge in [-0.3, -0.25) is 9.69 Å². The van der Waals surface area contributed by atoms with Crippen LogP contribution in [0.2, 0.25) is 0 Å². The molecule has 41 heavy (non-hydrogen) atoms. The van der Waals surface area contributed by atoms with Gasteiger partial charge in [-0.05, 0) is 75.0 Å². The summed E-state index contributed by atoms with van der Waals surface area (Å²) >= 11 is 1.31. The van der Waals surface area contributed by atoms with Gasteiger partial charge in [0.05, 0.1) is 29.3 Å². The van der Waals surface area contributed by atoms with Gasteiger partial charge in [0.15, 0.2) is 5.13 Å². The number of ether oxygens (including phenoxy) is 1. The van der Waals surface area contributed by atoms with Gasteiger partial charge in [-0.25, -0.2) is 17.8 Å². The molecule has 1 N–H and O–H groups in total. The van der Waals surface area contributed by atoms with E-state index in [-0.39, 0.29) is 30.9 Å². The average Bonchev–Trinajstić information content (AvgIpc) is 3.38. The standard InChI is InChI=1S/C30H37FN4O4S2/c1-21(2)15-25-17-39-30(20-35(25)41(37,38)26-11-5-22(3)6-12-26)13-4-14-34(19-30)16-28(36)33-29-32-27(18-40-29)23-7-9-24(31)10-8-23/h5-12,18,21,25H,4,13-17,19-20H2,1-3H3,(H,32,33,36)/t25-,30-/m0/s1. The SMILES string of the molecule is Cc1ccc(S(=O)(=O)N2C[C@@]3(CCCN(CC(=O)Nc4nc(-c5ccc(F)cc5)cs4)C3)OC[C@@H]2CC(C)C)cc1. The van der Waals surface area contributed by atoms with Gasteiger partial charge in [0.25, 0.3) is 0 Å². The zero-order valence-corrected chi connectivity index (χ0v) is 25.3. The number of hydrogen-bond donors (Lipinski definition) is 1. The van der Waals surface area contributed by atoms with Crippen LogP contribution in [0.4, 0.5) is 9.52 Å². The molecule has 0 saturated carbocycles. The Kier molecular flexibility index (Phi) is 8.91. The van der Waals surface area contributed by atoms with E-state index in [1.807, 2.05) is 29.3 Å². The van der Waals surface area contributed by atoms with E-state index < -0.39 is 15.6 Å². The first kappa shape index (κ1) is 29.8. The second-order valence-electron chi connectivity index (χ2n) is 11.5. The van der Waals surface area contributed by atoms with E-state index in [0.29, 0.717) is 41.2 Å². The quantitative estimate of drug-likeness (QED) is 0.384. The van der Waals surface area contributed by atoms with E-state index in [1.165, 1.54) is 23.5 Å². The maximum atomic E-state index is 13.9. The van der Waals surface area contributed by atoms with Crippen LogP contribution in [0.25, 0.3) is 11.3 Å². The zero-order valence-electron chi connectivity index (χ0n) is 23.7. The number of nitrogens with zero attached hydrogens (tertiary/aromatic N) is 3. The van der Waals surface area contributed by atoms with Gasteiger partial charge in [0.1, 0.15) is 5.82 Å². The number of hydrogen-bond acceptors (Lipinski definition) is 7. The third-order valence-electron chi connectivity index (χ3n) is 7.68. The molecule has 11 heteroatoms. The van der Waals surface area contributed by atoms with Crippen molar-refractivity contribution in [3.63, 3.8) is 0 Å². The Balaban J connectivity index is 1.26. The highest BCUT2D eigenvalue weighted by Crippen LogP contribution is 2.35. The summed E-state index contributed by atoms with van der Waals surface area (Å²) in [6.45, 7) is 8.04. The molecule has 1 amide bonds. The number of thiazole rings is 1. The van der Waals surface area contributed by atoms with Gasteiger partial charge in [-0.15, -0.1) is 11.3 Å². The first-order valence-corrected chi connectivity index (χ1v) is 16.3. The highest BCUT2D eigenvalue weighted by Gasteiger charge is 2.47. The fourth-order valence-electron chi connectivity index (χ4n) is 5.69. The van der Waals surface area contributed by atoms with E-state index in [2.05, 4.69) is 24.1 Å². The summed E-state index contributed by atoms with van der Waals surface area (Å²) in [7, 11) is -3.73. The number of halogens is 1. The predicted octanol–water partition coefficient (Wildman–Crippen LogP) is 5.17. The minimum absolute atomic E-state index is 0.150. The van der Waals surface area contributed by atoms with E-state index in [0.717, 1.165) is 30.5 Å². The normalized spacial score (nSPS) is 22.3. The highest BCUT2D eigenvalue weighted by molar-refractivity contribution is 7.89. The first-order valence-electron chi connectivity index (χ1n) is 14.0. The largest absolute Gasteiger partial charge is 0.371 e. The van der Waals surface area contributed by atoms with Crippen molar-refractivity contribution >= 4 is 32.4 Å². The average molecular weight is 601 g/mol. The molecule has 0 bridgehead atoms. The topological polar surface area (TPSA) is 91.8 Å². The fourth-order valence-corrected chi connectivity index (χ4v) is 8.12. The van der Waals surface area contributed by atoms with Gasteiger partial charge >= 0.3 is 0 Å². The van der Waals surface area contributed by atoms with Crippen molar-refractivity contribution in [2.45, 2.75) is 56.6 Å². The first-order chi connectivity index (χ1) is 19.5. The van der Waals surface area contributed by atoms with Crippen molar-refractivity contribution < 1.29 is 22.3 Å². The molecule has 3 aromatic rings. The molecule has 0 aliphatic carbocycles. The molecule has 1 spiro atoms. The maximum Gasteiger partial charge on any atom is 0.243 e. The van der Waals surface area contributed by atoms with Crippen molar-refractivity contribution in [2.75, 3.05) is 38.1 Å². The molecule has 2 aromatic carbocycles. The number of carbonyl (C=O) groups excluding carboxylic acids is 1. The molecule has 2 atom stereocenters. The summed E-state index contributed by atoms with van der Waals surface area (Å²) in [6, 6.07) is 12.8. The van der Waals surface area contributed by atoms with Gasteiger partial charge < -0.3 is 10.1 Å². The van der Waals surface area contributed by atoms with E-state index >= 15 is 0 Å². The monoisotopic (exact) mass is 600 g/mol. The van der Waals surface area contributed by atoms with E-state index in [4.69, 9.17) is 4.74 Å². The molecule has 2 saturated heterocycles. The molecule has 1 aromatic heterocycles. The molecule has 0 unspecified atom stereocenters. The summed E-state index contributed by atoms with van der Waals surface area (Å²) in [6.07, 6.45) is 2.24. The number of rotatable bonds is 8. The van der Waals surface area contributed by atoms with Crippen LogP contribution in [0.1, 0.15) is 38.7 Å². The number of anilines is 1. The van der Waals surface area contributed by atoms with Crippen molar-refractivity contribution in [1.29, 1.82) is 0 Å². The number of sulfonamides is 1. The molecule has 220 valence electrons. The highest BCUT2D eigenvalue weighted by atomic mass is 32.2. The van der Waals surface area contributed by atoms with Crippen LogP contribution < -0.4 is 5.32 Å². The Labute approximate surface area is 245 Å². The number of nitrogens with one attached hydrogen (secondary N) is 1. The van der Waals surface area contributed by atoms with Crippen LogP contribution in [-0.4, -0.2) is 72.9 Å². The number of piperidine rings is 1. The lowest BCUT2D eigenvalue weighted by Crippen LogP contribution is -2.64. The molecule has 3 heterocycles. The summed E-state index contributed by atoms with van der Waals surface area (Å²) < 4.78 is 49.1. The van der Waals surface area contributed by atoms with E-state index in [1.54, 1.807) is 28.6 Å². The Bertz CT molecular complexity index is 1460. The predicted molar refractivity (Wildman–Crippen MR) is 159 cm³/mol. The van der Waals surface area contributed by atoms with E-state index in [9.17, 15) is 17.6 Å². The molecule has 0 radical (unpaired) electrons. The van der Waals surface area contributed by atoms with Crippen LogP contribution >= 0.6 is 11.3 Å². The number of aromatic nitrogens is 1. The van der Waals surface area contributed by atoms with Gasteiger partial charge in [0.2, 0.25) is 15.9 Å². The molecule has 2 aliphatic heterocycles. The van der Waals surface area contributed by atoms with Crippen molar-refractivity contribution in [3.05, 3.63) is 65.3 Å². The zero-order chi connectivity index (χ0) is 29.2. The van der Waals surface area contributed by atoms with Gasteiger partial charge in [-0.1, -0.05) is 31.5 Å². The van der Waals surface area contributed by atoms with Gasteiger partial charge in [0, 0.05) is 30.1 Å². The second-order valence-corrected chi connectivity index (χ2v) is 14.3. The summed E-state index contributed by atoms with van der Waals surface area (Å²) in [5, 5.41) is 5.17. The Morgan fingerprint density at radius 1 is 1.17 bits per heavy atom. The molecule has 2 fully saturated rings. The molecule has 2 aliphatic rings. The molecular weight excluding hydrogens is 563 g/mol. The number of likely N-dealkylation sites (tertiary alicyclic amines) is 1. The molecule has 8 nitrogen and oxygen atoms in total. The summed E-state index contributed by atoms with van der Waals surface area (Å²) in [5.41, 5.74) is 1.77. The van der Waals surface area contributed by atoms with Crippen molar-refractivity contribution in [2.24, 2.45) is 5.92 Å². The summed E-state index contributed by atoms with van der Waals surface area (Å²) in [4.78, 5) is 19.8. The van der Waals surface area contributed by atoms with Crippen LogP contribution in [0.5, 0.6) is 0 Å². The fraction of sp³-hybridized carbons (Fsp3) is 0.467. The number of morpholine rings is 1. The Morgan fingerprint density at radius 2 is 1.90 bits per heavy atom. The number of benzene rings is 2. The lowest BCUT2D eigenvalue weighted by Gasteiger charge is -2.50. The van der Waals surface area contributed by atoms with Crippen LogP contribution in [0.3, 0.4) is 0 Å². The Morgan fingerprint density at radius 3 is 2.61 bits per heavy atom. The minimum Gasteiger partial charge on any atom is -0.371 e. The van der Waals surface area contributed by atoms with Crippen LogP contribution in [-0.2, 0) is 19.6 Å². The van der Waals surface area contributed by atoms with Crippen molar-refractivity contribution in [3.8, 4) is 11.3 Å². The minimum atomic E-state index is -3.73. The van der Waals surface area contributed by atoms with Crippen molar-refractivity contribution in [1.82, 2.24) is 14.2 Å². The lowest BCUT2D eigenvalue weighted by atomic mass is 9.89. The lowest BCUT2D eigenvalue weighted by molar-refractivity contribution is -0.146. The molecule has 5 rings (SSSR count). The third-order valence-corrected chi connectivity index (χ3v) is 10.4. The number of carbonyl (C=O) groups is 1. The number of amides is 1. The smallest absolute Gasteiger partial charge is 0.243 e. The van der Waals surface area contributed by atoms with Crippen LogP contribution in [0, 0.1) is 18.7 Å². The summed E-state index contributed by atoms with van der Waals surface area (Å²) in [5.74, 6) is -0.195. The third kappa shape index (κ3) is 7.03.